The molecule has 8 heteroatoms. The molecule has 0 aromatic carbocycles. The third-order valence-electron chi connectivity index (χ3n) is 4.35. The van der Waals surface area contributed by atoms with Crippen LogP contribution in [0.15, 0.2) is 45.2 Å². The Morgan fingerprint density at radius 3 is 2.81 bits per heavy atom. The van der Waals surface area contributed by atoms with E-state index in [-0.39, 0.29) is 5.91 Å². The Morgan fingerprint density at radius 1 is 1.35 bits per heavy atom. The quantitative estimate of drug-likeness (QED) is 0.764. The molecule has 26 heavy (non-hydrogen) atoms. The van der Waals surface area contributed by atoms with Crippen LogP contribution >= 0.6 is 11.3 Å². The van der Waals surface area contributed by atoms with E-state index in [0.717, 1.165) is 17.7 Å². The van der Waals surface area contributed by atoms with Crippen LogP contribution in [0.3, 0.4) is 0 Å². The van der Waals surface area contributed by atoms with Gasteiger partial charge in [0, 0.05) is 24.0 Å². The van der Waals surface area contributed by atoms with Crippen LogP contribution in [0.4, 0.5) is 0 Å². The third kappa shape index (κ3) is 4.63. The van der Waals surface area contributed by atoms with E-state index >= 15 is 0 Å². The number of rotatable bonds is 6. The van der Waals surface area contributed by atoms with Crippen molar-refractivity contribution in [2.45, 2.75) is 30.5 Å². The zero-order valence-corrected chi connectivity index (χ0v) is 16.2. The molecule has 0 unspecified atom stereocenters. The van der Waals surface area contributed by atoms with Crippen LogP contribution in [0.1, 0.15) is 30.4 Å². The van der Waals surface area contributed by atoms with Crippen LogP contribution in [0.5, 0.6) is 0 Å². The summed E-state index contributed by atoms with van der Waals surface area (Å²) in [5.41, 5.74) is 0. The van der Waals surface area contributed by atoms with Gasteiger partial charge in [0.05, 0.1) is 12.8 Å². The van der Waals surface area contributed by atoms with Crippen molar-refractivity contribution in [3.8, 4) is 0 Å². The van der Waals surface area contributed by atoms with Crippen LogP contribution in [0, 0.1) is 5.92 Å². The summed E-state index contributed by atoms with van der Waals surface area (Å²) in [7, 11) is -3.43. The molecule has 3 heterocycles. The van der Waals surface area contributed by atoms with Gasteiger partial charge in [0.2, 0.25) is 5.91 Å². The number of hydrogen-bond acceptors (Lipinski definition) is 5. The van der Waals surface area contributed by atoms with Crippen LogP contribution in [-0.2, 0) is 21.4 Å². The minimum atomic E-state index is -3.43. The number of hydrogen-bond donors (Lipinski definition) is 1. The molecule has 3 rings (SSSR count). The fourth-order valence-electron chi connectivity index (χ4n) is 2.72. The summed E-state index contributed by atoms with van der Waals surface area (Å²) in [6.45, 7) is 3.59. The molecular formula is C18H22N2O4S2. The highest BCUT2D eigenvalue weighted by atomic mass is 32.2. The summed E-state index contributed by atoms with van der Waals surface area (Å²) in [4.78, 5) is 12.6. The fourth-order valence-corrected chi connectivity index (χ4v) is 5.64. The first kappa shape index (κ1) is 18.9. The molecular weight excluding hydrogens is 372 g/mol. The highest BCUT2D eigenvalue weighted by Gasteiger charge is 2.29. The zero-order chi connectivity index (χ0) is 18.6. The summed E-state index contributed by atoms with van der Waals surface area (Å²) in [5.74, 6) is 0.912. The number of amides is 1. The molecule has 2 aromatic heterocycles. The molecule has 0 saturated carbocycles. The van der Waals surface area contributed by atoms with Crippen LogP contribution in [-0.4, -0.2) is 31.7 Å². The third-order valence-corrected chi connectivity index (χ3v) is 7.80. The molecule has 1 N–H and O–H groups in total. The van der Waals surface area contributed by atoms with Crippen LogP contribution in [0.25, 0.3) is 6.08 Å². The van der Waals surface area contributed by atoms with E-state index in [9.17, 15) is 13.2 Å². The van der Waals surface area contributed by atoms with Gasteiger partial charge in [-0.2, -0.15) is 4.31 Å². The molecule has 1 aliphatic rings. The minimum Gasteiger partial charge on any atom is -0.465 e. The van der Waals surface area contributed by atoms with Gasteiger partial charge in [-0.25, -0.2) is 8.42 Å². The lowest BCUT2D eigenvalue weighted by Crippen LogP contribution is -2.37. The first-order chi connectivity index (χ1) is 12.4. The van der Waals surface area contributed by atoms with Gasteiger partial charge >= 0.3 is 0 Å². The standard InChI is InChI=1S/C18H22N2O4S2/c1-14-8-10-20(11-9-14)26(22,23)18-7-5-16(25-18)13-19-17(21)6-4-15-3-2-12-24-15/h2-7,12,14H,8-11,13H2,1H3,(H,19,21)/b6-4+. The Morgan fingerprint density at radius 2 is 2.12 bits per heavy atom. The molecule has 0 aliphatic carbocycles. The topological polar surface area (TPSA) is 79.6 Å². The summed E-state index contributed by atoms with van der Waals surface area (Å²) in [6.07, 6.45) is 6.30. The lowest BCUT2D eigenvalue weighted by Gasteiger charge is -2.28. The maximum absolute atomic E-state index is 12.7. The van der Waals surface area contributed by atoms with Gasteiger partial charge in [-0.05, 0) is 49.1 Å². The summed E-state index contributed by atoms with van der Waals surface area (Å²) in [5, 5.41) is 2.75. The molecule has 2 aromatic rings. The van der Waals surface area contributed by atoms with Crippen molar-refractivity contribution in [2.75, 3.05) is 13.1 Å². The fraction of sp³-hybridized carbons (Fsp3) is 0.389. The average Bonchev–Trinajstić information content (AvgIpc) is 3.30. The molecule has 140 valence electrons. The largest absolute Gasteiger partial charge is 0.465 e. The van der Waals surface area contributed by atoms with E-state index in [4.69, 9.17) is 4.42 Å². The lowest BCUT2D eigenvalue weighted by molar-refractivity contribution is -0.116. The highest BCUT2D eigenvalue weighted by molar-refractivity contribution is 7.91. The van der Waals surface area contributed by atoms with E-state index in [1.807, 2.05) is 0 Å². The van der Waals surface area contributed by atoms with E-state index in [0.29, 0.717) is 35.5 Å². The Bertz CT molecular complexity index is 861. The van der Waals surface area contributed by atoms with Crippen molar-refractivity contribution in [3.63, 3.8) is 0 Å². The second kappa shape index (κ2) is 8.20. The molecule has 0 radical (unpaired) electrons. The van der Waals surface area contributed by atoms with Gasteiger partial charge in [-0.3, -0.25) is 4.79 Å². The van der Waals surface area contributed by atoms with Gasteiger partial charge in [0.1, 0.15) is 9.97 Å². The normalized spacial score (nSPS) is 17.0. The van der Waals surface area contributed by atoms with Crippen molar-refractivity contribution in [1.82, 2.24) is 9.62 Å². The second-order valence-corrected chi connectivity index (χ2v) is 9.71. The van der Waals surface area contributed by atoms with Crippen molar-refractivity contribution < 1.29 is 17.6 Å². The van der Waals surface area contributed by atoms with Gasteiger partial charge in [0.15, 0.2) is 0 Å². The summed E-state index contributed by atoms with van der Waals surface area (Å²) >= 11 is 1.21. The minimum absolute atomic E-state index is 0.260. The first-order valence-electron chi connectivity index (χ1n) is 8.53. The number of sulfonamides is 1. The highest BCUT2D eigenvalue weighted by Crippen LogP contribution is 2.28. The number of nitrogens with one attached hydrogen (secondary N) is 1. The number of furan rings is 1. The number of piperidine rings is 1. The Kier molecular flexibility index (Phi) is 5.95. The van der Waals surface area contributed by atoms with Crippen molar-refractivity contribution in [2.24, 2.45) is 5.92 Å². The first-order valence-corrected chi connectivity index (χ1v) is 10.8. The van der Waals surface area contributed by atoms with Crippen LogP contribution < -0.4 is 5.32 Å². The SMILES string of the molecule is CC1CCN(S(=O)(=O)c2ccc(CNC(=O)/C=C/c3ccco3)s2)CC1. The van der Waals surface area contributed by atoms with E-state index in [2.05, 4.69) is 12.2 Å². The monoisotopic (exact) mass is 394 g/mol. The van der Waals surface area contributed by atoms with Gasteiger partial charge < -0.3 is 9.73 Å². The van der Waals surface area contributed by atoms with Crippen molar-refractivity contribution in [1.29, 1.82) is 0 Å². The number of thiophene rings is 1. The van der Waals surface area contributed by atoms with Gasteiger partial charge in [0.25, 0.3) is 10.0 Å². The molecule has 0 bridgehead atoms. The summed E-state index contributed by atoms with van der Waals surface area (Å²) in [6, 6.07) is 6.87. The smallest absolute Gasteiger partial charge is 0.252 e. The predicted molar refractivity (Wildman–Crippen MR) is 101 cm³/mol. The van der Waals surface area contributed by atoms with Crippen molar-refractivity contribution >= 4 is 33.3 Å². The lowest BCUT2D eigenvalue weighted by atomic mass is 10.0. The Balaban J connectivity index is 1.56. The molecule has 6 nitrogen and oxygen atoms in total. The molecule has 1 saturated heterocycles. The second-order valence-electron chi connectivity index (χ2n) is 6.37. The molecule has 1 fully saturated rings. The average molecular weight is 395 g/mol. The number of carbonyl (C=O) groups is 1. The van der Waals surface area contributed by atoms with Gasteiger partial charge in [-0.15, -0.1) is 11.3 Å². The molecule has 1 aliphatic heterocycles. The maximum Gasteiger partial charge on any atom is 0.252 e. The molecule has 0 atom stereocenters. The Labute approximate surface area is 157 Å². The van der Waals surface area contributed by atoms with Crippen LogP contribution in [0.2, 0.25) is 0 Å². The van der Waals surface area contributed by atoms with E-state index < -0.39 is 10.0 Å². The zero-order valence-electron chi connectivity index (χ0n) is 14.6. The Hall–Kier alpha value is -1.90. The number of carbonyl (C=O) groups excluding carboxylic acids is 1. The number of nitrogens with zero attached hydrogens (tertiary/aromatic N) is 1. The van der Waals surface area contributed by atoms with Gasteiger partial charge in [-0.1, -0.05) is 6.92 Å². The maximum atomic E-state index is 12.7. The summed E-state index contributed by atoms with van der Waals surface area (Å²) < 4.78 is 32.4. The van der Waals surface area contributed by atoms with E-state index in [1.165, 1.54) is 23.7 Å². The predicted octanol–water partition coefficient (Wildman–Crippen LogP) is 3.09. The molecule has 1 amide bonds. The van der Waals surface area contributed by atoms with Crippen molar-refractivity contribution in [3.05, 3.63) is 47.2 Å². The van der Waals surface area contributed by atoms with E-state index in [1.54, 1.807) is 34.6 Å². The molecule has 0 spiro atoms.